The minimum atomic E-state index is -0.229. The second kappa shape index (κ2) is 3.95. The summed E-state index contributed by atoms with van der Waals surface area (Å²) in [6.45, 7) is 4.08. The van der Waals surface area contributed by atoms with Crippen LogP contribution in [-0.2, 0) is 0 Å². The Balaban J connectivity index is 2.31. The molecule has 0 aliphatic rings. The maximum absolute atomic E-state index is 13.3. The zero-order valence-corrected chi connectivity index (χ0v) is 10.3. The van der Waals surface area contributed by atoms with Crippen molar-refractivity contribution < 1.29 is 4.39 Å². The molecule has 90 valence electrons. The normalized spacial score (nSPS) is 11.1. The van der Waals surface area contributed by atoms with Crippen LogP contribution in [-0.4, -0.2) is 9.38 Å². The van der Waals surface area contributed by atoms with Crippen molar-refractivity contribution in [3.05, 3.63) is 59.7 Å². The maximum Gasteiger partial charge on any atom is 0.137 e. The van der Waals surface area contributed by atoms with Gasteiger partial charge in [-0.1, -0.05) is 12.1 Å². The Morgan fingerprint density at radius 3 is 2.72 bits per heavy atom. The number of aryl methyl sites for hydroxylation is 2. The predicted octanol–water partition coefficient (Wildman–Crippen LogP) is 3.76. The third-order valence-electron chi connectivity index (χ3n) is 3.06. The summed E-state index contributed by atoms with van der Waals surface area (Å²) in [6.07, 6.45) is 1.79. The van der Waals surface area contributed by atoms with E-state index in [1.165, 1.54) is 17.7 Å². The molecule has 2 aromatic heterocycles. The summed E-state index contributed by atoms with van der Waals surface area (Å²) >= 11 is 0. The number of imidazole rings is 1. The third-order valence-corrected chi connectivity index (χ3v) is 3.06. The minimum Gasteiger partial charge on any atom is -0.297 e. The Bertz CT molecular complexity index is 728. The summed E-state index contributed by atoms with van der Waals surface area (Å²) in [5.74, 6) is -0.229. The zero-order valence-electron chi connectivity index (χ0n) is 10.3. The van der Waals surface area contributed by atoms with E-state index in [0.717, 1.165) is 22.6 Å². The van der Waals surface area contributed by atoms with Crippen LogP contribution < -0.4 is 0 Å². The van der Waals surface area contributed by atoms with Crippen LogP contribution in [0, 0.1) is 19.7 Å². The van der Waals surface area contributed by atoms with Crippen LogP contribution in [0.25, 0.3) is 16.9 Å². The molecule has 2 nitrogen and oxygen atoms in total. The van der Waals surface area contributed by atoms with Crippen LogP contribution in [0.15, 0.2) is 42.6 Å². The van der Waals surface area contributed by atoms with E-state index < -0.39 is 0 Å². The number of hydrogen-bond donors (Lipinski definition) is 0. The fraction of sp³-hybridized carbons (Fsp3) is 0.133. The van der Waals surface area contributed by atoms with E-state index in [4.69, 9.17) is 0 Å². The molecule has 0 fully saturated rings. The lowest BCUT2D eigenvalue weighted by molar-refractivity contribution is 0.628. The highest BCUT2D eigenvalue weighted by atomic mass is 19.1. The highest BCUT2D eigenvalue weighted by Gasteiger charge is 2.08. The van der Waals surface area contributed by atoms with Gasteiger partial charge in [-0.15, -0.1) is 0 Å². The molecular formula is C15H13FN2. The first-order valence-electron chi connectivity index (χ1n) is 5.86. The molecule has 0 N–H and O–H groups in total. The number of fused-ring (bicyclic) bond motifs is 1. The number of aromatic nitrogens is 2. The number of pyridine rings is 1. The van der Waals surface area contributed by atoms with Gasteiger partial charge in [0.2, 0.25) is 0 Å². The first-order chi connectivity index (χ1) is 8.65. The van der Waals surface area contributed by atoms with Gasteiger partial charge in [-0.05, 0) is 43.7 Å². The summed E-state index contributed by atoms with van der Waals surface area (Å²) < 4.78 is 15.3. The van der Waals surface area contributed by atoms with Crippen LogP contribution in [0.3, 0.4) is 0 Å². The van der Waals surface area contributed by atoms with Gasteiger partial charge in [-0.3, -0.25) is 4.40 Å². The largest absolute Gasteiger partial charge is 0.297 e. The van der Waals surface area contributed by atoms with Crippen LogP contribution in [0.4, 0.5) is 4.39 Å². The van der Waals surface area contributed by atoms with Gasteiger partial charge in [0.1, 0.15) is 11.5 Å². The predicted molar refractivity (Wildman–Crippen MR) is 70.1 cm³/mol. The number of halogens is 1. The van der Waals surface area contributed by atoms with E-state index in [-0.39, 0.29) is 5.82 Å². The Kier molecular flexibility index (Phi) is 2.40. The fourth-order valence-electron chi connectivity index (χ4n) is 2.33. The molecule has 1 aromatic carbocycles. The lowest BCUT2D eigenvalue weighted by Gasteiger charge is -2.06. The Morgan fingerprint density at radius 1 is 1.11 bits per heavy atom. The standard InChI is InChI=1S/C15H13FN2/c1-10-6-11(2)18-14(9-17-15(18)7-10)12-4-3-5-13(16)8-12/h3-9H,1-2H3. The van der Waals surface area contributed by atoms with Crippen LogP contribution >= 0.6 is 0 Å². The molecule has 0 amide bonds. The van der Waals surface area contributed by atoms with Gasteiger partial charge in [0.25, 0.3) is 0 Å². The van der Waals surface area contributed by atoms with Crippen molar-refractivity contribution >= 4 is 5.65 Å². The van der Waals surface area contributed by atoms with Gasteiger partial charge < -0.3 is 0 Å². The highest BCUT2D eigenvalue weighted by molar-refractivity contribution is 5.64. The first kappa shape index (κ1) is 11.0. The van der Waals surface area contributed by atoms with Crippen molar-refractivity contribution in [2.24, 2.45) is 0 Å². The van der Waals surface area contributed by atoms with Crippen molar-refractivity contribution in [1.29, 1.82) is 0 Å². The number of rotatable bonds is 1. The molecule has 0 spiro atoms. The molecule has 3 heteroatoms. The molecule has 0 bridgehead atoms. The molecule has 0 atom stereocenters. The molecule has 2 heterocycles. The summed E-state index contributed by atoms with van der Waals surface area (Å²) in [6, 6.07) is 10.7. The lowest BCUT2D eigenvalue weighted by Crippen LogP contribution is -1.95. The molecule has 3 rings (SSSR count). The number of benzene rings is 1. The minimum absolute atomic E-state index is 0.229. The first-order valence-corrected chi connectivity index (χ1v) is 5.86. The van der Waals surface area contributed by atoms with E-state index >= 15 is 0 Å². The second-order valence-electron chi connectivity index (χ2n) is 4.52. The average Bonchev–Trinajstić information content (AvgIpc) is 2.72. The SMILES string of the molecule is Cc1cc(C)n2c(-c3cccc(F)c3)cnc2c1. The third kappa shape index (κ3) is 1.68. The van der Waals surface area contributed by atoms with Gasteiger partial charge in [0, 0.05) is 11.3 Å². The molecule has 0 unspecified atom stereocenters. The summed E-state index contributed by atoms with van der Waals surface area (Å²) in [4.78, 5) is 4.39. The van der Waals surface area contributed by atoms with Gasteiger partial charge in [0.05, 0.1) is 11.9 Å². The summed E-state index contributed by atoms with van der Waals surface area (Å²) in [5, 5.41) is 0. The molecule has 0 radical (unpaired) electrons. The van der Waals surface area contributed by atoms with Crippen molar-refractivity contribution in [3.8, 4) is 11.3 Å². The van der Waals surface area contributed by atoms with Crippen molar-refractivity contribution in [2.45, 2.75) is 13.8 Å². The topological polar surface area (TPSA) is 17.3 Å². The smallest absolute Gasteiger partial charge is 0.137 e. The van der Waals surface area contributed by atoms with Gasteiger partial charge >= 0.3 is 0 Å². The van der Waals surface area contributed by atoms with E-state index in [1.807, 2.05) is 30.4 Å². The fourth-order valence-corrected chi connectivity index (χ4v) is 2.33. The van der Waals surface area contributed by atoms with Crippen molar-refractivity contribution in [1.82, 2.24) is 9.38 Å². The van der Waals surface area contributed by atoms with Crippen LogP contribution in [0.2, 0.25) is 0 Å². The van der Waals surface area contributed by atoms with E-state index in [1.54, 1.807) is 12.3 Å². The monoisotopic (exact) mass is 240 g/mol. The quantitative estimate of drug-likeness (QED) is 0.633. The molecule has 3 aromatic rings. The molecule has 0 saturated carbocycles. The molecule has 0 aliphatic heterocycles. The van der Waals surface area contributed by atoms with E-state index in [0.29, 0.717) is 0 Å². The van der Waals surface area contributed by atoms with Crippen molar-refractivity contribution in [2.75, 3.05) is 0 Å². The van der Waals surface area contributed by atoms with E-state index in [2.05, 4.69) is 11.1 Å². The summed E-state index contributed by atoms with van der Waals surface area (Å²) in [7, 11) is 0. The Hall–Kier alpha value is -2.16. The number of hydrogen-bond acceptors (Lipinski definition) is 1. The van der Waals surface area contributed by atoms with Crippen molar-refractivity contribution in [3.63, 3.8) is 0 Å². The summed E-state index contributed by atoms with van der Waals surface area (Å²) in [5.41, 5.74) is 4.93. The number of nitrogens with zero attached hydrogens (tertiary/aromatic N) is 2. The van der Waals surface area contributed by atoms with Gasteiger partial charge in [0.15, 0.2) is 0 Å². The Morgan fingerprint density at radius 2 is 1.94 bits per heavy atom. The molecule has 18 heavy (non-hydrogen) atoms. The lowest BCUT2D eigenvalue weighted by atomic mass is 10.1. The zero-order chi connectivity index (χ0) is 12.7. The maximum atomic E-state index is 13.3. The van der Waals surface area contributed by atoms with Gasteiger partial charge in [-0.2, -0.15) is 0 Å². The van der Waals surface area contributed by atoms with Crippen LogP contribution in [0.1, 0.15) is 11.3 Å². The molecule has 0 saturated heterocycles. The van der Waals surface area contributed by atoms with E-state index in [9.17, 15) is 4.39 Å². The van der Waals surface area contributed by atoms with Crippen LogP contribution in [0.5, 0.6) is 0 Å². The molecular weight excluding hydrogens is 227 g/mol. The average molecular weight is 240 g/mol. The van der Waals surface area contributed by atoms with Gasteiger partial charge in [-0.25, -0.2) is 9.37 Å². The second-order valence-corrected chi connectivity index (χ2v) is 4.52. The molecule has 0 aliphatic carbocycles. The Labute approximate surface area is 105 Å². The highest BCUT2D eigenvalue weighted by Crippen LogP contribution is 2.23.